The number of carbonyl (C=O) groups excluding carboxylic acids is 2. The van der Waals surface area contributed by atoms with Crippen LogP contribution in [-0.4, -0.2) is 18.4 Å². The van der Waals surface area contributed by atoms with Gasteiger partial charge in [-0.05, 0) is 43.3 Å². The minimum absolute atomic E-state index is 0.157. The van der Waals surface area contributed by atoms with Crippen molar-refractivity contribution in [2.45, 2.75) is 6.92 Å². The van der Waals surface area contributed by atoms with Crippen LogP contribution < -0.4 is 10.6 Å². The molecule has 0 fully saturated rings. The van der Waals surface area contributed by atoms with E-state index in [1.807, 2.05) is 6.92 Å². The number of rotatable bonds is 4. The summed E-state index contributed by atoms with van der Waals surface area (Å²) >= 11 is 5.77. The van der Waals surface area contributed by atoms with E-state index in [-0.39, 0.29) is 16.5 Å². The molecule has 2 aromatic rings. The average Bonchev–Trinajstić information content (AvgIpc) is 2.50. The highest BCUT2D eigenvalue weighted by Crippen LogP contribution is 2.17. The lowest BCUT2D eigenvalue weighted by atomic mass is 10.1. The molecule has 2 N–H and O–H groups in total. The van der Waals surface area contributed by atoms with E-state index in [4.69, 9.17) is 11.6 Å². The predicted molar refractivity (Wildman–Crippen MR) is 83.8 cm³/mol. The average molecular weight is 321 g/mol. The van der Waals surface area contributed by atoms with E-state index in [2.05, 4.69) is 10.6 Å². The van der Waals surface area contributed by atoms with Crippen molar-refractivity contribution in [1.82, 2.24) is 5.32 Å². The lowest BCUT2D eigenvalue weighted by Crippen LogP contribution is -2.22. The van der Waals surface area contributed by atoms with Gasteiger partial charge in [-0.2, -0.15) is 0 Å². The zero-order valence-electron chi connectivity index (χ0n) is 11.8. The summed E-state index contributed by atoms with van der Waals surface area (Å²) in [6.45, 7) is 2.31. The second-order valence-electron chi connectivity index (χ2n) is 4.52. The number of halogens is 2. The Morgan fingerprint density at radius 2 is 1.91 bits per heavy atom. The maximum Gasteiger partial charge on any atom is 0.258 e. The minimum atomic E-state index is -0.665. The SMILES string of the molecule is CCNC(=O)c1cccc(NC(=O)c2cc(Cl)ccc2F)c1. The van der Waals surface area contributed by atoms with Crippen LogP contribution in [0.1, 0.15) is 27.6 Å². The Hall–Kier alpha value is -2.40. The third-order valence-electron chi connectivity index (χ3n) is 2.89. The molecule has 114 valence electrons. The number of nitrogens with one attached hydrogen (secondary N) is 2. The molecule has 0 aromatic heterocycles. The zero-order chi connectivity index (χ0) is 16.1. The third kappa shape index (κ3) is 3.83. The Balaban J connectivity index is 2.20. The lowest BCUT2D eigenvalue weighted by Gasteiger charge is -2.08. The van der Waals surface area contributed by atoms with Crippen molar-refractivity contribution in [3.05, 3.63) is 64.4 Å². The van der Waals surface area contributed by atoms with E-state index < -0.39 is 11.7 Å². The number of anilines is 1. The molecule has 0 saturated heterocycles. The summed E-state index contributed by atoms with van der Waals surface area (Å²) in [7, 11) is 0. The zero-order valence-corrected chi connectivity index (χ0v) is 12.6. The van der Waals surface area contributed by atoms with E-state index in [9.17, 15) is 14.0 Å². The number of benzene rings is 2. The molecular weight excluding hydrogens is 307 g/mol. The fourth-order valence-electron chi connectivity index (χ4n) is 1.87. The van der Waals surface area contributed by atoms with Crippen LogP contribution in [0, 0.1) is 5.82 Å². The molecule has 0 aliphatic heterocycles. The van der Waals surface area contributed by atoms with Crippen LogP contribution >= 0.6 is 11.6 Å². The highest BCUT2D eigenvalue weighted by molar-refractivity contribution is 6.31. The highest BCUT2D eigenvalue weighted by atomic mass is 35.5. The molecule has 2 amide bonds. The van der Waals surface area contributed by atoms with Crippen molar-refractivity contribution in [3.8, 4) is 0 Å². The lowest BCUT2D eigenvalue weighted by molar-refractivity contribution is 0.0954. The summed E-state index contributed by atoms with van der Waals surface area (Å²) in [5.74, 6) is -1.54. The fraction of sp³-hybridized carbons (Fsp3) is 0.125. The largest absolute Gasteiger partial charge is 0.352 e. The van der Waals surface area contributed by atoms with Crippen LogP contribution in [0.2, 0.25) is 5.02 Å². The predicted octanol–water partition coefficient (Wildman–Crippen LogP) is 3.48. The molecule has 6 heteroatoms. The van der Waals surface area contributed by atoms with Gasteiger partial charge in [0.1, 0.15) is 5.82 Å². The molecule has 0 aliphatic carbocycles. The first-order chi connectivity index (χ1) is 10.5. The standard InChI is InChI=1S/C16H14ClFN2O2/c1-2-19-15(21)10-4-3-5-12(8-10)20-16(22)13-9-11(17)6-7-14(13)18/h3-9H,2H2,1H3,(H,19,21)(H,20,22). The van der Waals surface area contributed by atoms with Crippen LogP contribution in [0.15, 0.2) is 42.5 Å². The Bertz CT molecular complexity index is 719. The number of hydrogen-bond donors (Lipinski definition) is 2. The second kappa shape index (κ2) is 7.04. The molecule has 2 rings (SSSR count). The summed E-state index contributed by atoms with van der Waals surface area (Å²) in [5, 5.41) is 5.47. The Labute approximate surface area is 132 Å². The smallest absolute Gasteiger partial charge is 0.258 e. The topological polar surface area (TPSA) is 58.2 Å². The second-order valence-corrected chi connectivity index (χ2v) is 4.95. The van der Waals surface area contributed by atoms with Gasteiger partial charge in [-0.1, -0.05) is 17.7 Å². The van der Waals surface area contributed by atoms with Crippen molar-refractivity contribution in [2.24, 2.45) is 0 Å². The minimum Gasteiger partial charge on any atom is -0.352 e. The highest BCUT2D eigenvalue weighted by Gasteiger charge is 2.13. The van der Waals surface area contributed by atoms with Crippen molar-refractivity contribution < 1.29 is 14.0 Å². The van der Waals surface area contributed by atoms with Crippen LogP contribution in [-0.2, 0) is 0 Å². The van der Waals surface area contributed by atoms with Crippen LogP contribution in [0.4, 0.5) is 10.1 Å². The fourth-order valence-corrected chi connectivity index (χ4v) is 2.04. The first kappa shape index (κ1) is 16.0. The normalized spacial score (nSPS) is 10.1. The number of carbonyl (C=O) groups is 2. The van der Waals surface area contributed by atoms with Gasteiger partial charge in [0.15, 0.2) is 0 Å². The molecule has 22 heavy (non-hydrogen) atoms. The third-order valence-corrected chi connectivity index (χ3v) is 3.13. The quantitative estimate of drug-likeness (QED) is 0.906. The summed E-state index contributed by atoms with van der Waals surface area (Å²) in [5.41, 5.74) is 0.648. The molecule has 0 spiro atoms. The molecule has 0 radical (unpaired) electrons. The van der Waals surface area contributed by atoms with Crippen molar-refractivity contribution >= 4 is 29.1 Å². The monoisotopic (exact) mass is 320 g/mol. The first-order valence-electron chi connectivity index (χ1n) is 6.66. The van der Waals surface area contributed by atoms with Gasteiger partial charge in [-0.25, -0.2) is 4.39 Å². The van der Waals surface area contributed by atoms with Gasteiger partial charge in [0.25, 0.3) is 11.8 Å². The number of amides is 2. The van der Waals surface area contributed by atoms with Crippen molar-refractivity contribution in [2.75, 3.05) is 11.9 Å². The molecule has 0 saturated carbocycles. The van der Waals surface area contributed by atoms with Gasteiger partial charge in [0.2, 0.25) is 0 Å². The molecular formula is C16H14ClFN2O2. The summed E-state index contributed by atoms with van der Waals surface area (Å²) in [4.78, 5) is 23.8. The Morgan fingerprint density at radius 3 is 2.64 bits per heavy atom. The molecule has 4 nitrogen and oxygen atoms in total. The maximum atomic E-state index is 13.6. The first-order valence-corrected chi connectivity index (χ1v) is 7.03. The van der Waals surface area contributed by atoms with E-state index in [0.717, 1.165) is 6.07 Å². The van der Waals surface area contributed by atoms with Crippen molar-refractivity contribution in [3.63, 3.8) is 0 Å². The molecule has 0 bridgehead atoms. The molecule has 0 heterocycles. The van der Waals surface area contributed by atoms with Crippen LogP contribution in [0.3, 0.4) is 0 Å². The summed E-state index contributed by atoms with van der Waals surface area (Å²) in [6.07, 6.45) is 0. The Morgan fingerprint density at radius 1 is 1.14 bits per heavy atom. The van der Waals surface area contributed by atoms with Gasteiger partial charge in [0.05, 0.1) is 5.56 Å². The van der Waals surface area contributed by atoms with Gasteiger partial charge in [-0.3, -0.25) is 9.59 Å². The summed E-state index contributed by atoms with van der Waals surface area (Å²) < 4.78 is 13.6. The van der Waals surface area contributed by atoms with Crippen molar-refractivity contribution in [1.29, 1.82) is 0 Å². The van der Waals surface area contributed by atoms with Gasteiger partial charge >= 0.3 is 0 Å². The van der Waals surface area contributed by atoms with Gasteiger partial charge in [0, 0.05) is 22.8 Å². The maximum absolute atomic E-state index is 13.6. The van der Waals surface area contributed by atoms with E-state index >= 15 is 0 Å². The summed E-state index contributed by atoms with van der Waals surface area (Å²) in [6, 6.07) is 10.1. The van der Waals surface area contributed by atoms with E-state index in [1.54, 1.807) is 18.2 Å². The number of hydrogen-bond acceptors (Lipinski definition) is 2. The van der Waals surface area contributed by atoms with E-state index in [0.29, 0.717) is 17.8 Å². The van der Waals surface area contributed by atoms with Crippen LogP contribution in [0.5, 0.6) is 0 Å². The van der Waals surface area contributed by atoms with Crippen LogP contribution in [0.25, 0.3) is 0 Å². The Kier molecular flexibility index (Phi) is 5.12. The molecule has 0 unspecified atom stereocenters. The molecule has 0 aliphatic rings. The molecule has 2 aromatic carbocycles. The van der Waals surface area contributed by atoms with E-state index in [1.165, 1.54) is 18.2 Å². The van der Waals surface area contributed by atoms with Gasteiger partial charge < -0.3 is 10.6 Å². The molecule has 0 atom stereocenters. The van der Waals surface area contributed by atoms with Gasteiger partial charge in [-0.15, -0.1) is 0 Å².